The summed E-state index contributed by atoms with van der Waals surface area (Å²) in [6.45, 7) is 1.94. The van der Waals surface area contributed by atoms with Crippen LogP contribution in [0.15, 0.2) is 48.8 Å². The Balaban J connectivity index is 1.41. The van der Waals surface area contributed by atoms with Crippen molar-refractivity contribution in [3.63, 3.8) is 0 Å². The zero-order valence-electron chi connectivity index (χ0n) is 19.3. The van der Waals surface area contributed by atoms with Gasteiger partial charge in [0.1, 0.15) is 18.1 Å². The minimum Gasteiger partial charge on any atom is -0.496 e. The summed E-state index contributed by atoms with van der Waals surface area (Å²) in [6, 6.07) is 12.4. The molecule has 5 rings (SSSR count). The molecule has 1 aliphatic carbocycles. The second-order valence-corrected chi connectivity index (χ2v) is 9.02. The van der Waals surface area contributed by atoms with E-state index in [0.717, 1.165) is 36.9 Å². The highest BCUT2D eigenvalue weighted by molar-refractivity contribution is 6.03. The summed E-state index contributed by atoms with van der Waals surface area (Å²) >= 11 is 0. The largest absolute Gasteiger partial charge is 0.496 e. The fourth-order valence-electron chi connectivity index (χ4n) is 5.43. The molecule has 1 aliphatic heterocycles. The molecule has 1 saturated carbocycles. The minimum absolute atomic E-state index is 0.0749. The summed E-state index contributed by atoms with van der Waals surface area (Å²) in [5.41, 5.74) is 2.93. The Morgan fingerprint density at radius 3 is 2.71 bits per heavy atom. The molecule has 9 heteroatoms. The van der Waals surface area contributed by atoms with Crippen LogP contribution in [0.1, 0.15) is 48.0 Å². The number of anilines is 1. The Labute approximate surface area is 198 Å². The van der Waals surface area contributed by atoms with Crippen LogP contribution in [0, 0.1) is 12.8 Å². The highest BCUT2D eigenvalue weighted by Gasteiger charge is 2.48. The first-order valence-electron chi connectivity index (χ1n) is 11.7. The molecule has 3 atom stereocenters. The number of nitrogens with one attached hydrogen (secondary N) is 1. The summed E-state index contributed by atoms with van der Waals surface area (Å²) in [6.07, 6.45) is 6.40. The van der Waals surface area contributed by atoms with Crippen molar-refractivity contribution in [2.75, 3.05) is 12.4 Å². The van der Waals surface area contributed by atoms with Crippen molar-refractivity contribution in [2.24, 2.45) is 5.92 Å². The van der Waals surface area contributed by atoms with Gasteiger partial charge in [0.25, 0.3) is 5.91 Å². The number of fused-ring (bicyclic) bond motifs is 1. The average Bonchev–Trinajstić information content (AvgIpc) is 3.52. The van der Waals surface area contributed by atoms with Gasteiger partial charge in [-0.1, -0.05) is 25.0 Å². The topological polar surface area (TPSA) is 102 Å². The second-order valence-electron chi connectivity index (χ2n) is 9.02. The Bertz CT molecular complexity index is 1200. The first kappa shape index (κ1) is 22.1. The number of hydrogen-bond acceptors (Lipinski definition) is 6. The van der Waals surface area contributed by atoms with E-state index in [0.29, 0.717) is 29.3 Å². The number of likely N-dealkylation sites (tertiary alicyclic amines) is 1. The number of methoxy groups -OCH3 is 1. The minimum atomic E-state index is -0.523. The second kappa shape index (κ2) is 9.24. The Morgan fingerprint density at radius 2 is 1.94 bits per heavy atom. The van der Waals surface area contributed by atoms with Crippen LogP contribution in [0.25, 0.3) is 5.69 Å². The number of ether oxygens (including phenoxy) is 1. The highest BCUT2D eigenvalue weighted by Crippen LogP contribution is 2.41. The predicted molar refractivity (Wildman–Crippen MR) is 126 cm³/mol. The number of para-hydroxylation sites is 1. The molecule has 3 aromatic rings. The van der Waals surface area contributed by atoms with E-state index in [-0.39, 0.29) is 17.9 Å². The monoisotopic (exact) mass is 460 g/mol. The number of tetrazole rings is 1. The van der Waals surface area contributed by atoms with Crippen LogP contribution in [-0.4, -0.2) is 56.1 Å². The van der Waals surface area contributed by atoms with Crippen molar-refractivity contribution in [2.45, 2.75) is 51.1 Å². The van der Waals surface area contributed by atoms with Crippen molar-refractivity contribution in [3.8, 4) is 11.4 Å². The predicted octanol–water partition coefficient (Wildman–Crippen LogP) is 3.39. The summed E-state index contributed by atoms with van der Waals surface area (Å²) in [7, 11) is 1.56. The number of rotatable bonds is 5. The van der Waals surface area contributed by atoms with E-state index in [1.54, 1.807) is 23.9 Å². The molecule has 176 valence electrons. The maximum absolute atomic E-state index is 13.7. The van der Waals surface area contributed by atoms with Crippen molar-refractivity contribution in [1.29, 1.82) is 0 Å². The lowest BCUT2D eigenvalue weighted by Gasteiger charge is -2.34. The number of amides is 2. The number of hydrogen-bond donors (Lipinski definition) is 1. The maximum atomic E-state index is 13.7. The molecule has 2 aliphatic rings. The molecular weight excluding hydrogens is 432 g/mol. The lowest BCUT2D eigenvalue weighted by atomic mass is 9.84. The lowest BCUT2D eigenvalue weighted by Crippen LogP contribution is -2.48. The van der Waals surface area contributed by atoms with Gasteiger partial charge in [0.15, 0.2) is 0 Å². The third-order valence-electron chi connectivity index (χ3n) is 7.02. The Morgan fingerprint density at radius 1 is 1.12 bits per heavy atom. The average molecular weight is 461 g/mol. The van der Waals surface area contributed by atoms with Gasteiger partial charge in [-0.3, -0.25) is 9.59 Å². The molecule has 1 saturated heterocycles. The van der Waals surface area contributed by atoms with Crippen molar-refractivity contribution >= 4 is 17.5 Å². The third kappa shape index (κ3) is 4.02. The molecule has 0 radical (unpaired) electrons. The highest BCUT2D eigenvalue weighted by atomic mass is 16.5. The van der Waals surface area contributed by atoms with Crippen LogP contribution in [-0.2, 0) is 4.79 Å². The molecule has 2 aromatic carbocycles. The number of carbonyl (C=O) groups is 2. The molecule has 3 unspecified atom stereocenters. The molecule has 2 amide bonds. The van der Waals surface area contributed by atoms with Crippen LogP contribution in [0.3, 0.4) is 0 Å². The first-order valence-corrected chi connectivity index (χ1v) is 11.7. The van der Waals surface area contributed by atoms with Crippen LogP contribution >= 0.6 is 0 Å². The normalized spacial score (nSPS) is 21.7. The van der Waals surface area contributed by atoms with Gasteiger partial charge in [0.05, 0.1) is 18.4 Å². The smallest absolute Gasteiger partial charge is 0.258 e. The number of carbonyl (C=O) groups excluding carboxylic acids is 2. The number of aryl methyl sites for hydroxylation is 1. The van der Waals surface area contributed by atoms with Gasteiger partial charge in [0, 0.05) is 11.7 Å². The van der Waals surface area contributed by atoms with E-state index < -0.39 is 6.04 Å². The van der Waals surface area contributed by atoms with Gasteiger partial charge in [-0.05, 0) is 78.4 Å². The maximum Gasteiger partial charge on any atom is 0.258 e. The molecule has 1 N–H and O–H groups in total. The van der Waals surface area contributed by atoms with Crippen LogP contribution in [0.4, 0.5) is 5.69 Å². The van der Waals surface area contributed by atoms with Gasteiger partial charge >= 0.3 is 0 Å². The molecule has 0 bridgehead atoms. The van der Waals surface area contributed by atoms with Gasteiger partial charge in [-0.25, -0.2) is 4.68 Å². The fourth-order valence-corrected chi connectivity index (χ4v) is 5.43. The third-order valence-corrected chi connectivity index (χ3v) is 7.02. The molecular formula is C25H28N6O3. The molecule has 34 heavy (non-hydrogen) atoms. The van der Waals surface area contributed by atoms with Crippen molar-refractivity contribution in [3.05, 3.63) is 59.9 Å². The zero-order valence-corrected chi connectivity index (χ0v) is 19.3. The quantitative estimate of drug-likeness (QED) is 0.626. The lowest BCUT2D eigenvalue weighted by molar-refractivity contribution is -0.120. The zero-order chi connectivity index (χ0) is 23.7. The van der Waals surface area contributed by atoms with E-state index in [1.807, 2.05) is 42.2 Å². The van der Waals surface area contributed by atoms with E-state index >= 15 is 0 Å². The fraction of sp³-hybridized carbons (Fsp3) is 0.400. The van der Waals surface area contributed by atoms with Gasteiger partial charge < -0.3 is 15.0 Å². The summed E-state index contributed by atoms with van der Waals surface area (Å²) in [5, 5.41) is 14.3. The van der Waals surface area contributed by atoms with E-state index in [4.69, 9.17) is 4.74 Å². The Hall–Kier alpha value is -3.75. The number of aromatic nitrogens is 4. The first-order chi connectivity index (χ1) is 16.6. The van der Waals surface area contributed by atoms with Crippen LogP contribution in [0.5, 0.6) is 5.75 Å². The van der Waals surface area contributed by atoms with E-state index in [9.17, 15) is 9.59 Å². The molecule has 1 aromatic heterocycles. The summed E-state index contributed by atoms with van der Waals surface area (Å²) in [4.78, 5) is 29.1. The molecule has 0 spiro atoms. The van der Waals surface area contributed by atoms with Gasteiger partial charge in [-0.2, -0.15) is 0 Å². The SMILES string of the molecule is COc1ccccc1C(=O)N1C(C(=O)Nc2ccc(-n3cnnn3)c(C)c2)CC2CCCCC21. The Kier molecular flexibility index (Phi) is 6.00. The van der Waals surface area contributed by atoms with Gasteiger partial charge in [-0.15, -0.1) is 5.10 Å². The standard InChI is InChI=1S/C25H28N6O3/c1-16-13-18(11-12-20(16)30-15-26-28-29-30)27-24(32)22-14-17-7-3-5-9-21(17)31(22)25(33)19-8-4-6-10-23(19)34-2/h4,6,8,10-13,15,17,21-22H,3,5,7,9,14H2,1-2H3,(H,27,32). The van der Waals surface area contributed by atoms with E-state index in [2.05, 4.69) is 20.8 Å². The van der Waals surface area contributed by atoms with Crippen molar-refractivity contribution < 1.29 is 14.3 Å². The van der Waals surface area contributed by atoms with E-state index in [1.165, 1.54) is 6.33 Å². The number of benzene rings is 2. The molecule has 2 fully saturated rings. The van der Waals surface area contributed by atoms with Gasteiger partial charge in [0.2, 0.25) is 5.91 Å². The van der Waals surface area contributed by atoms with Crippen LogP contribution < -0.4 is 10.1 Å². The summed E-state index contributed by atoms with van der Waals surface area (Å²) < 4.78 is 7.02. The number of nitrogens with zero attached hydrogens (tertiary/aromatic N) is 5. The van der Waals surface area contributed by atoms with Crippen LogP contribution in [0.2, 0.25) is 0 Å². The molecule has 2 heterocycles. The molecule has 9 nitrogen and oxygen atoms in total. The summed E-state index contributed by atoms with van der Waals surface area (Å²) in [5.74, 6) is 0.566. The van der Waals surface area contributed by atoms with Crippen molar-refractivity contribution in [1.82, 2.24) is 25.1 Å².